The van der Waals surface area contributed by atoms with E-state index >= 15 is 0 Å². The largest absolute Gasteiger partial charge is 0.443 e. The van der Waals surface area contributed by atoms with Crippen LogP contribution in [0.2, 0.25) is 0 Å². The summed E-state index contributed by atoms with van der Waals surface area (Å²) in [5.74, 6) is -0.303. The number of benzene rings is 2. The summed E-state index contributed by atoms with van der Waals surface area (Å²) in [5.41, 5.74) is 1.35. The highest BCUT2D eigenvalue weighted by atomic mass is 32.2. The molecular formula is C31H42N4O10S2. The lowest BCUT2D eigenvalue weighted by atomic mass is 10.0. The van der Waals surface area contributed by atoms with Crippen molar-refractivity contribution in [2.75, 3.05) is 32.1 Å². The molecule has 1 aromatic heterocycles. The van der Waals surface area contributed by atoms with Gasteiger partial charge in [0, 0.05) is 18.5 Å². The number of nitrogens with one attached hydrogen (secondary N) is 2. The standard InChI is InChI=1S/C31H42N4O10S2/c1-4-46(38,39)32-16-26-24-15-22(10-11-28(24)45-34-26)47(40,41)35(17-20(2)3)18-27(36)25(14-21-8-6-5-7-9-21)33-31(37)44-29-19-43-30-23(29)12-13-42-30/h5-11,15,20,23,25,27,29-30,32,36H,4,12-14,16-19H2,1-3H3,(H,33,37)/t23-,25-,27+,29-,30+/m0/s1. The van der Waals surface area contributed by atoms with E-state index < -0.39 is 50.7 Å². The van der Waals surface area contributed by atoms with E-state index in [4.69, 9.17) is 18.7 Å². The van der Waals surface area contributed by atoms with Crippen LogP contribution in [-0.2, 0) is 47.2 Å². The summed E-state index contributed by atoms with van der Waals surface area (Å²) in [7, 11) is -7.73. The van der Waals surface area contributed by atoms with Crippen LogP contribution in [0.25, 0.3) is 11.0 Å². The van der Waals surface area contributed by atoms with Gasteiger partial charge in [0.1, 0.15) is 11.8 Å². The summed E-state index contributed by atoms with van der Waals surface area (Å²) >= 11 is 0. The summed E-state index contributed by atoms with van der Waals surface area (Å²) in [6.45, 7) is 5.52. The normalized spacial score (nSPS) is 21.3. The van der Waals surface area contributed by atoms with Gasteiger partial charge in [-0.15, -0.1) is 0 Å². The maximum Gasteiger partial charge on any atom is 0.407 e. The van der Waals surface area contributed by atoms with Gasteiger partial charge in [0.2, 0.25) is 20.0 Å². The monoisotopic (exact) mass is 694 g/mol. The minimum atomic E-state index is -4.20. The maximum absolute atomic E-state index is 14.1. The molecule has 47 heavy (non-hydrogen) atoms. The van der Waals surface area contributed by atoms with E-state index in [9.17, 15) is 26.7 Å². The molecule has 14 nitrogen and oxygen atoms in total. The SMILES string of the molecule is CCS(=O)(=O)NCc1noc2ccc(S(=O)(=O)N(CC(C)C)C[C@@H](O)[C@H](Cc3ccccc3)NC(=O)O[C@H]3CO[C@H]4OCC[C@H]43)cc12. The zero-order chi connectivity index (χ0) is 33.8. The molecule has 258 valence electrons. The number of aliphatic hydroxyl groups excluding tert-OH is 1. The molecule has 2 aliphatic rings. The van der Waals surface area contributed by atoms with Gasteiger partial charge in [0.05, 0.1) is 48.5 Å². The van der Waals surface area contributed by atoms with Crippen LogP contribution in [0.15, 0.2) is 57.9 Å². The molecule has 0 bridgehead atoms. The van der Waals surface area contributed by atoms with Gasteiger partial charge >= 0.3 is 6.09 Å². The number of alkyl carbamates (subject to hydrolysis) is 1. The van der Waals surface area contributed by atoms with Gasteiger partial charge in [-0.3, -0.25) is 0 Å². The lowest BCUT2D eigenvalue weighted by Crippen LogP contribution is -2.51. The molecule has 3 heterocycles. The first-order valence-corrected chi connectivity index (χ1v) is 18.7. The van der Waals surface area contributed by atoms with Crippen molar-refractivity contribution in [1.82, 2.24) is 19.5 Å². The predicted molar refractivity (Wildman–Crippen MR) is 171 cm³/mol. The van der Waals surface area contributed by atoms with Crippen LogP contribution in [0.1, 0.15) is 38.4 Å². The molecule has 0 saturated carbocycles. The van der Waals surface area contributed by atoms with Crippen LogP contribution in [0.3, 0.4) is 0 Å². The van der Waals surface area contributed by atoms with E-state index in [1.807, 2.05) is 44.2 Å². The second-order valence-corrected chi connectivity index (χ2v) is 16.2. The number of carbonyl (C=O) groups is 1. The van der Waals surface area contributed by atoms with Crippen molar-refractivity contribution >= 4 is 37.1 Å². The average Bonchev–Trinajstić information content (AvgIpc) is 3.77. The fourth-order valence-electron chi connectivity index (χ4n) is 5.72. The zero-order valence-corrected chi connectivity index (χ0v) is 28.2. The Hall–Kier alpha value is -3.12. The molecule has 3 N–H and O–H groups in total. The first kappa shape index (κ1) is 35.2. The maximum atomic E-state index is 14.1. The van der Waals surface area contributed by atoms with Crippen LogP contribution in [-0.4, -0.2) is 94.1 Å². The Morgan fingerprint density at radius 1 is 1.11 bits per heavy atom. The molecule has 2 aliphatic heterocycles. The van der Waals surface area contributed by atoms with Crippen molar-refractivity contribution in [3.63, 3.8) is 0 Å². The van der Waals surface area contributed by atoms with Crippen molar-refractivity contribution < 1.29 is 45.5 Å². The Labute approximate surface area is 274 Å². The molecule has 0 aliphatic carbocycles. The first-order chi connectivity index (χ1) is 22.4. The number of fused-ring (bicyclic) bond motifs is 2. The number of sulfonamides is 2. The van der Waals surface area contributed by atoms with Crippen LogP contribution in [0, 0.1) is 11.8 Å². The fraction of sp³-hybridized carbons (Fsp3) is 0.548. The minimum absolute atomic E-state index is 0.0694. The van der Waals surface area contributed by atoms with E-state index in [1.165, 1.54) is 29.4 Å². The second kappa shape index (κ2) is 15.0. The second-order valence-electron chi connectivity index (χ2n) is 12.2. The molecule has 1 amide bonds. The number of carbonyl (C=O) groups excluding carboxylic acids is 1. The van der Waals surface area contributed by atoms with Gasteiger partial charge in [-0.05, 0) is 49.4 Å². The molecule has 2 saturated heterocycles. The lowest BCUT2D eigenvalue weighted by Gasteiger charge is -2.31. The molecule has 0 unspecified atom stereocenters. The molecule has 2 aromatic carbocycles. The molecule has 0 radical (unpaired) electrons. The Kier molecular flexibility index (Phi) is 11.2. The van der Waals surface area contributed by atoms with Crippen LogP contribution < -0.4 is 10.0 Å². The van der Waals surface area contributed by atoms with Crippen molar-refractivity contribution in [3.05, 3.63) is 59.8 Å². The Morgan fingerprint density at radius 2 is 1.87 bits per heavy atom. The van der Waals surface area contributed by atoms with Gasteiger partial charge < -0.3 is 29.2 Å². The van der Waals surface area contributed by atoms with Crippen molar-refractivity contribution in [2.24, 2.45) is 11.8 Å². The number of nitrogens with zero attached hydrogens (tertiary/aromatic N) is 2. The highest BCUT2D eigenvalue weighted by Gasteiger charge is 2.44. The van der Waals surface area contributed by atoms with Gasteiger partial charge in [-0.1, -0.05) is 49.3 Å². The van der Waals surface area contributed by atoms with Crippen LogP contribution >= 0.6 is 0 Å². The topological polar surface area (TPSA) is 187 Å². The lowest BCUT2D eigenvalue weighted by molar-refractivity contribution is -0.0907. The summed E-state index contributed by atoms with van der Waals surface area (Å²) in [4.78, 5) is 13.0. The number of ether oxygens (including phenoxy) is 3. The van der Waals surface area contributed by atoms with Gasteiger partial charge in [-0.25, -0.2) is 26.4 Å². The molecular weight excluding hydrogens is 652 g/mol. The number of hydrogen-bond donors (Lipinski definition) is 3. The number of hydrogen-bond acceptors (Lipinski definition) is 11. The summed E-state index contributed by atoms with van der Waals surface area (Å²) in [6, 6.07) is 12.6. The quantitative estimate of drug-likeness (QED) is 0.212. The third-order valence-electron chi connectivity index (χ3n) is 8.26. The third kappa shape index (κ3) is 8.68. The highest BCUT2D eigenvalue weighted by molar-refractivity contribution is 7.89. The average molecular weight is 695 g/mol. The van der Waals surface area contributed by atoms with Crippen molar-refractivity contribution in [1.29, 1.82) is 0 Å². The van der Waals surface area contributed by atoms with Crippen LogP contribution in [0.4, 0.5) is 4.79 Å². The van der Waals surface area contributed by atoms with E-state index in [0.717, 1.165) is 5.56 Å². The highest BCUT2D eigenvalue weighted by Crippen LogP contribution is 2.33. The van der Waals surface area contributed by atoms with Gasteiger partial charge in [-0.2, -0.15) is 4.31 Å². The molecule has 2 fully saturated rings. The van der Waals surface area contributed by atoms with Crippen molar-refractivity contribution in [2.45, 2.75) is 69.6 Å². The minimum Gasteiger partial charge on any atom is -0.443 e. The fourth-order valence-corrected chi connectivity index (χ4v) is 7.93. The van der Waals surface area contributed by atoms with E-state index in [-0.39, 0.29) is 60.8 Å². The van der Waals surface area contributed by atoms with Gasteiger partial charge in [0.15, 0.2) is 11.9 Å². The number of amides is 1. The molecule has 16 heteroatoms. The molecule has 3 aromatic rings. The third-order valence-corrected chi connectivity index (χ3v) is 11.4. The zero-order valence-electron chi connectivity index (χ0n) is 26.6. The molecule has 5 rings (SSSR count). The van der Waals surface area contributed by atoms with E-state index in [1.54, 1.807) is 0 Å². The number of aromatic nitrogens is 1. The summed E-state index contributed by atoms with van der Waals surface area (Å²) in [5, 5.41) is 18.6. The predicted octanol–water partition coefficient (Wildman–Crippen LogP) is 2.37. The van der Waals surface area contributed by atoms with Crippen LogP contribution in [0.5, 0.6) is 0 Å². The summed E-state index contributed by atoms with van der Waals surface area (Å²) in [6.07, 6.45) is -2.04. The van der Waals surface area contributed by atoms with E-state index in [0.29, 0.717) is 24.0 Å². The summed E-state index contributed by atoms with van der Waals surface area (Å²) < 4.78 is 77.8. The van der Waals surface area contributed by atoms with Crippen molar-refractivity contribution in [3.8, 4) is 0 Å². The number of aliphatic hydroxyl groups is 1. The Bertz CT molecular complexity index is 1730. The Balaban J connectivity index is 1.36. The molecule has 5 atom stereocenters. The van der Waals surface area contributed by atoms with Gasteiger partial charge in [0.25, 0.3) is 0 Å². The first-order valence-electron chi connectivity index (χ1n) is 15.6. The van der Waals surface area contributed by atoms with E-state index in [2.05, 4.69) is 15.2 Å². The smallest absolute Gasteiger partial charge is 0.407 e. The number of rotatable bonds is 15. The Morgan fingerprint density at radius 3 is 2.60 bits per heavy atom. The molecule has 0 spiro atoms.